The Bertz CT molecular complexity index is 532. The first-order valence-electron chi connectivity index (χ1n) is 5.42. The summed E-state index contributed by atoms with van der Waals surface area (Å²) in [5.74, 6) is 0.781. The second kappa shape index (κ2) is 6.07. The van der Waals surface area contributed by atoms with Crippen LogP contribution in [-0.4, -0.2) is 4.89 Å². The third-order valence-electron chi connectivity index (χ3n) is 2.09. The van der Waals surface area contributed by atoms with Crippen LogP contribution in [0.2, 0.25) is 0 Å². The van der Waals surface area contributed by atoms with Crippen LogP contribution in [0.25, 0.3) is 0 Å². The number of nitrogens with one attached hydrogen (secondary N) is 1. The Labute approximate surface area is 110 Å². The molecule has 0 saturated carbocycles. The van der Waals surface area contributed by atoms with E-state index in [4.69, 9.17) is 14.6 Å². The van der Waals surface area contributed by atoms with E-state index in [1.54, 1.807) is 48.5 Å². The third kappa shape index (κ3) is 3.86. The van der Waals surface area contributed by atoms with Crippen molar-refractivity contribution in [2.45, 2.75) is 0 Å². The molecule has 0 amide bonds. The molecule has 7 heteroatoms. The van der Waals surface area contributed by atoms with Gasteiger partial charge in [-0.1, -0.05) is 36.4 Å². The summed E-state index contributed by atoms with van der Waals surface area (Å²) >= 11 is 0. The fraction of sp³-hybridized carbons (Fsp3) is 0. The van der Waals surface area contributed by atoms with E-state index in [-0.39, 0.29) is 0 Å². The van der Waals surface area contributed by atoms with E-state index in [0.29, 0.717) is 11.5 Å². The highest BCUT2D eigenvalue weighted by Crippen LogP contribution is 2.56. The molecular formula is C12H12N3O3P+2. The summed E-state index contributed by atoms with van der Waals surface area (Å²) in [5, 5.41) is 0. The number of rotatable bonds is 5. The molecular weight excluding hydrogens is 265 g/mol. The van der Waals surface area contributed by atoms with Crippen molar-refractivity contribution >= 4 is 8.09 Å². The molecule has 0 aliphatic heterocycles. The van der Waals surface area contributed by atoms with Gasteiger partial charge in [-0.2, -0.15) is 4.89 Å². The van der Waals surface area contributed by atoms with Gasteiger partial charge in [0.1, 0.15) is 5.53 Å². The largest absolute Gasteiger partial charge is 0.727 e. The van der Waals surface area contributed by atoms with Gasteiger partial charge in [-0.05, 0) is 24.3 Å². The summed E-state index contributed by atoms with van der Waals surface area (Å²) in [6, 6.07) is 17.2. The zero-order chi connectivity index (χ0) is 13.6. The van der Waals surface area contributed by atoms with Crippen LogP contribution in [0.4, 0.5) is 0 Å². The Morgan fingerprint density at radius 3 is 1.68 bits per heavy atom. The van der Waals surface area contributed by atoms with Crippen LogP contribution < -0.4 is 14.0 Å². The molecule has 0 fully saturated rings. The maximum atomic E-state index is 10.2. The fourth-order valence-electron chi connectivity index (χ4n) is 1.35. The fourth-order valence-corrected chi connectivity index (χ4v) is 2.37. The Morgan fingerprint density at radius 1 is 0.895 bits per heavy atom. The number of benzene rings is 2. The molecule has 2 aromatic carbocycles. The maximum absolute atomic E-state index is 10.2. The molecule has 0 radical (unpaired) electrons. The van der Waals surface area contributed by atoms with E-state index in [9.17, 15) is 4.89 Å². The van der Waals surface area contributed by atoms with Crippen LogP contribution >= 0.6 is 8.09 Å². The quantitative estimate of drug-likeness (QED) is 0.499. The SMILES string of the molecule is N=[N+]=N[P+](O)(Oc1ccccc1)Oc1ccccc1. The molecule has 0 saturated heterocycles. The minimum absolute atomic E-state index is 0.390. The molecule has 2 aromatic rings. The van der Waals surface area contributed by atoms with Crippen LogP contribution in [0.1, 0.15) is 0 Å². The normalized spacial score (nSPS) is 10.4. The van der Waals surface area contributed by atoms with E-state index in [1.807, 2.05) is 12.1 Å². The summed E-state index contributed by atoms with van der Waals surface area (Å²) in [4.78, 5) is 16.4. The van der Waals surface area contributed by atoms with Crippen molar-refractivity contribution in [3.63, 3.8) is 0 Å². The van der Waals surface area contributed by atoms with Crippen LogP contribution in [0.5, 0.6) is 11.5 Å². The van der Waals surface area contributed by atoms with E-state index in [1.165, 1.54) is 0 Å². The van der Waals surface area contributed by atoms with Gasteiger partial charge in [-0.25, -0.2) is 0 Å². The van der Waals surface area contributed by atoms with E-state index < -0.39 is 8.09 Å². The van der Waals surface area contributed by atoms with Gasteiger partial charge >= 0.3 is 13.0 Å². The Kier molecular flexibility index (Phi) is 4.21. The van der Waals surface area contributed by atoms with Crippen LogP contribution in [0.3, 0.4) is 0 Å². The molecule has 2 rings (SSSR count). The van der Waals surface area contributed by atoms with E-state index in [0.717, 1.165) is 0 Å². The number of para-hydroxylation sites is 2. The molecule has 96 valence electrons. The van der Waals surface area contributed by atoms with Gasteiger partial charge in [0.25, 0.3) is 4.91 Å². The molecule has 0 aromatic heterocycles. The molecule has 2 N–H and O–H groups in total. The van der Waals surface area contributed by atoms with Crippen molar-refractivity contribution in [3.05, 3.63) is 60.7 Å². The minimum Gasteiger partial charge on any atom is -0.254 e. The zero-order valence-corrected chi connectivity index (χ0v) is 10.8. The first kappa shape index (κ1) is 13.2. The predicted molar refractivity (Wildman–Crippen MR) is 70.6 cm³/mol. The molecule has 0 heterocycles. The van der Waals surface area contributed by atoms with Crippen molar-refractivity contribution in [1.82, 2.24) is 4.91 Å². The second-order valence-corrected chi connectivity index (χ2v) is 5.01. The van der Waals surface area contributed by atoms with Gasteiger partial charge in [-0.15, -0.1) is 0 Å². The highest BCUT2D eigenvalue weighted by molar-refractivity contribution is 7.59. The monoisotopic (exact) mass is 277 g/mol. The summed E-state index contributed by atoms with van der Waals surface area (Å²) in [5.41, 5.74) is 6.76. The van der Waals surface area contributed by atoms with Crippen molar-refractivity contribution in [1.29, 1.82) is 5.53 Å². The van der Waals surface area contributed by atoms with Gasteiger partial charge in [0.15, 0.2) is 11.5 Å². The van der Waals surface area contributed by atoms with Crippen molar-refractivity contribution in [2.24, 2.45) is 4.88 Å². The second-order valence-electron chi connectivity index (χ2n) is 3.49. The van der Waals surface area contributed by atoms with Crippen molar-refractivity contribution in [2.75, 3.05) is 0 Å². The van der Waals surface area contributed by atoms with Gasteiger partial charge < -0.3 is 0 Å². The summed E-state index contributed by atoms with van der Waals surface area (Å²) in [6.07, 6.45) is 0. The third-order valence-corrected chi connectivity index (χ3v) is 3.31. The lowest BCUT2D eigenvalue weighted by Crippen LogP contribution is -2.06. The number of hydrogen-bond acceptors (Lipinski definition) is 5. The van der Waals surface area contributed by atoms with E-state index in [2.05, 4.69) is 9.80 Å². The Balaban J connectivity index is 2.20. The first-order valence-corrected chi connectivity index (χ1v) is 6.95. The van der Waals surface area contributed by atoms with Crippen molar-refractivity contribution in [3.8, 4) is 11.5 Å². The number of nitrogens with zero attached hydrogens (tertiary/aromatic N) is 2. The molecule has 0 unspecified atom stereocenters. The number of hydrogen-bond donors (Lipinski definition) is 2. The zero-order valence-electron chi connectivity index (χ0n) is 9.88. The molecule has 0 bridgehead atoms. The van der Waals surface area contributed by atoms with Gasteiger partial charge in [0.2, 0.25) is 0 Å². The molecule has 0 atom stereocenters. The average molecular weight is 277 g/mol. The smallest absolute Gasteiger partial charge is 0.254 e. The van der Waals surface area contributed by atoms with Crippen molar-refractivity contribution < 1.29 is 13.9 Å². The summed E-state index contributed by atoms with van der Waals surface area (Å²) in [6.45, 7) is 0. The Morgan fingerprint density at radius 2 is 1.32 bits per heavy atom. The lowest BCUT2D eigenvalue weighted by molar-refractivity contribution is 0.344. The minimum atomic E-state index is -3.64. The predicted octanol–water partition coefficient (Wildman–Crippen LogP) is 3.36. The van der Waals surface area contributed by atoms with Crippen LogP contribution in [0.15, 0.2) is 65.5 Å². The van der Waals surface area contributed by atoms with Crippen LogP contribution in [0, 0.1) is 5.53 Å². The van der Waals surface area contributed by atoms with Gasteiger partial charge in [-0.3, -0.25) is 9.05 Å². The topological polar surface area (TPSA) is 89.0 Å². The van der Waals surface area contributed by atoms with E-state index >= 15 is 0 Å². The molecule has 6 nitrogen and oxygen atoms in total. The Hall–Kier alpha value is -2.26. The highest BCUT2D eigenvalue weighted by Gasteiger charge is 2.54. The van der Waals surface area contributed by atoms with Gasteiger partial charge in [0.05, 0.1) is 0 Å². The molecule has 19 heavy (non-hydrogen) atoms. The standard InChI is InChI=1S/C12H12N3O3P/c13-14-15-19(16,17-11-7-3-1-4-8-11)18-12-9-5-2-6-10-12/h1-10,13,16H/q+2. The van der Waals surface area contributed by atoms with Crippen LogP contribution in [-0.2, 0) is 0 Å². The maximum Gasteiger partial charge on any atom is 0.727 e. The summed E-state index contributed by atoms with van der Waals surface area (Å²) in [7, 11) is -3.64. The molecule has 0 aliphatic rings. The summed E-state index contributed by atoms with van der Waals surface area (Å²) < 4.78 is 10.6. The average Bonchev–Trinajstić information content (AvgIpc) is 2.41. The lowest BCUT2D eigenvalue weighted by atomic mass is 10.3. The van der Waals surface area contributed by atoms with Gasteiger partial charge in [0, 0.05) is 0 Å². The highest BCUT2D eigenvalue weighted by atomic mass is 31.2. The molecule has 0 aliphatic carbocycles. The lowest BCUT2D eigenvalue weighted by Gasteiger charge is -2.07. The first-order chi connectivity index (χ1) is 9.22. The molecule has 0 spiro atoms.